The second kappa shape index (κ2) is 10.8. The van der Waals surface area contributed by atoms with Crippen LogP contribution < -0.4 is 10.8 Å². The Bertz CT molecular complexity index is 1200. The van der Waals surface area contributed by atoms with E-state index in [2.05, 4.69) is 35.1 Å². The van der Waals surface area contributed by atoms with E-state index in [1.165, 1.54) is 6.92 Å². The Morgan fingerprint density at radius 2 is 1.60 bits per heavy atom. The number of carbonyl (C=O) groups is 3. The van der Waals surface area contributed by atoms with Gasteiger partial charge in [-0.1, -0.05) is 60.7 Å². The van der Waals surface area contributed by atoms with Crippen molar-refractivity contribution >= 4 is 23.7 Å². The largest absolute Gasteiger partial charge is 0.479 e. The van der Waals surface area contributed by atoms with Crippen molar-refractivity contribution < 1.29 is 29.1 Å². The predicted octanol–water partition coefficient (Wildman–Crippen LogP) is 4.50. The molecule has 0 spiro atoms. The molecule has 3 aromatic carbocycles. The summed E-state index contributed by atoms with van der Waals surface area (Å²) in [6.07, 6.45) is -1.21. The molecule has 0 aromatic heterocycles. The highest BCUT2D eigenvalue weighted by Gasteiger charge is 2.29. The van der Waals surface area contributed by atoms with Gasteiger partial charge in [0.1, 0.15) is 6.61 Å². The molecule has 3 N–H and O–H groups in total. The van der Waals surface area contributed by atoms with E-state index in [4.69, 9.17) is 14.7 Å². The van der Waals surface area contributed by atoms with E-state index < -0.39 is 24.1 Å². The molecule has 1 aliphatic carbocycles. The number of carboxylic acid groups (broad SMARTS) is 1. The molecule has 0 radical (unpaired) electrons. The minimum atomic E-state index is -1.17. The minimum absolute atomic E-state index is 0.0240. The summed E-state index contributed by atoms with van der Waals surface area (Å²) in [4.78, 5) is 39.9. The summed E-state index contributed by atoms with van der Waals surface area (Å²) in [5, 5.41) is 11.5. The number of nitrogens with one attached hydrogen (secondary N) is 2. The SMILES string of the molecule is CC(ONC(=O)CCc1cccc(NC(=O)OCC2c3ccccc3-c3ccccc32)c1)C(=O)O. The zero-order valence-corrected chi connectivity index (χ0v) is 19.2. The smallest absolute Gasteiger partial charge is 0.411 e. The lowest BCUT2D eigenvalue weighted by atomic mass is 9.98. The zero-order chi connectivity index (χ0) is 24.8. The molecular formula is C27H26N2O6. The molecule has 1 aliphatic rings. The first-order chi connectivity index (χ1) is 16.9. The number of anilines is 1. The van der Waals surface area contributed by atoms with E-state index >= 15 is 0 Å². The van der Waals surface area contributed by atoms with Crippen LogP contribution in [-0.2, 0) is 25.6 Å². The molecule has 0 saturated carbocycles. The molecule has 1 unspecified atom stereocenters. The van der Waals surface area contributed by atoms with Crippen LogP contribution in [0.3, 0.4) is 0 Å². The van der Waals surface area contributed by atoms with E-state index in [0.717, 1.165) is 27.8 Å². The van der Waals surface area contributed by atoms with Crippen LogP contribution in [0.5, 0.6) is 0 Å². The van der Waals surface area contributed by atoms with Crippen LogP contribution >= 0.6 is 0 Å². The second-order valence-electron chi connectivity index (χ2n) is 8.27. The fourth-order valence-electron chi connectivity index (χ4n) is 4.07. The Morgan fingerprint density at radius 3 is 2.26 bits per heavy atom. The van der Waals surface area contributed by atoms with E-state index in [1.54, 1.807) is 18.2 Å². The van der Waals surface area contributed by atoms with Gasteiger partial charge >= 0.3 is 12.1 Å². The maximum atomic E-state index is 12.5. The number of benzene rings is 3. The van der Waals surface area contributed by atoms with Gasteiger partial charge in [0, 0.05) is 18.0 Å². The molecule has 0 bridgehead atoms. The molecular weight excluding hydrogens is 448 g/mol. The van der Waals surface area contributed by atoms with Crippen molar-refractivity contribution in [2.75, 3.05) is 11.9 Å². The van der Waals surface area contributed by atoms with Gasteiger partial charge in [-0.15, -0.1) is 0 Å². The van der Waals surface area contributed by atoms with Gasteiger partial charge in [-0.2, -0.15) is 0 Å². The highest BCUT2D eigenvalue weighted by atomic mass is 16.7. The Balaban J connectivity index is 1.30. The Hall–Kier alpha value is -4.17. The van der Waals surface area contributed by atoms with Crippen LogP contribution in [0.4, 0.5) is 10.5 Å². The molecule has 1 atom stereocenters. The van der Waals surface area contributed by atoms with E-state index in [1.807, 2.05) is 30.3 Å². The second-order valence-corrected chi connectivity index (χ2v) is 8.27. The number of carboxylic acids is 1. The van der Waals surface area contributed by atoms with Crippen molar-refractivity contribution in [3.8, 4) is 11.1 Å². The summed E-state index contributed by atoms with van der Waals surface area (Å²) in [6.45, 7) is 1.54. The number of hydrogen-bond acceptors (Lipinski definition) is 5. The van der Waals surface area contributed by atoms with Crippen molar-refractivity contribution in [3.05, 3.63) is 89.5 Å². The van der Waals surface area contributed by atoms with Crippen molar-refractivity contribution in [1.29, 1.82) is 0 Å². The summed E-state index contributed by atoms with van der Waals surface area (Å²) < 4.78 is 5.58. The molecule has 0 heterocycles. The lowest BCUT2D eigenvalue weighted by molar-refractivity contribution is -0.158. The number of amides is 2. The zero-order valence-electron chi connectivity index (χ0n) is 19.2. The lowest BCUT2D eigenvalue weighted by Gasteiger charge is -2.15. The standard InChI is InChI=1S/C27H26N2O6/c1-17(26(31)32)35-29-25(30)14-13-18-7-6-8-19(15-18)28-27(33)34-16-24-22-11-4-2-9-20(22)21-10-3-5-12-23(21)24/h2-12,15,17,24H,13-14,16H2,1H3,(H,28,33)(H,29,30)(H,31,32). The fourth-order valence-corrected chi connectivity index (χ4v) is 4.07. The molecule has 8 nitrogen and oxygen atoms in total. The van der Waals surface area contributed by atoms with Crippen molar-refractivity contribution in [1.82, 2.24) is 5.48 Å². The van der Waals surface area contributed by atoms with Crippen LogP contribution in [0.15, 0.2) is 72.8 Å². The molecule has 0 saturated heterocycles. The van der Waals surface area contributed by atoms with Gasteiger partial charge in [0.15, 0.2) is 6.10 Å². The third kappa shape index (κ3) is 5.85. The summed E-state index contributed by atoms with van der Waals surface area (Å²) in [5.74, 6) is -1.63. The average Bonchev–Trinajstić information content (AvgIpc) is 3.18. The van der Waals surface area contributed by atoms with Crippen molar-refractivity contribution in [3.63, 3.8) is 0 Å². The molecule has 2 amide bonds. The van der Waals surface area contributed by atoms with E-state index in [-0.39, 0.29) is 18.9 Å². The van der Waals surface area contributed by atoms with Gasteiger partial charge in [0.2, 0.25) is 5.91 Å². The molecule has 180 valence electrons. The van der Waals surface area contributed by atoms with Crippen LogP contribution in [0.2, 0.25) is 0 Å². The highest BCUT2D eigenvalue weighted by Crippen LogP contribution is 2.44. The molecule has 0 aliphatic heterocycles. The number of hydrogen-bond donors (Lipinski definition) is 3. The first-order valence-electron chi connectivity index (χ1n) is 11.3. The molecule has 4 rings (SSSR count). The number of aliphatic carboxylic acids is 1. The third-order valence-electron chi connectivity index (χ3n) is 5.86. The quantitative estimate of drug-likeness (QED) is 0.394. The maximum absolute atomic E-state index is 12.5. The summed E-state index contributed by atoms with van der Waals surface area (Å²) in [6, 6.07) is 23.4. The Labute approximate surface area is 202 Å². The van der Waals surface area contributed by atoms with E-state index in [0.29, 0.717) is 12.1 Å². The highest BCUT2D eigenvalue weighted by molar-refractivity contribution is 5.85. The lowest BCUT2D eigenvalue weighted by Crippen LogP contribution is -2.32. The molecule has 0 fully saturated rings. The van der Waals surface area contributed by atoms with Crippen molar-refractivity contribution in [2.24, 2.45) is 0 Å². The van der Waals surface area contributed by atoms with Crippen LogP contribution in [0.1, 0.15) is 36.0 Å². The normalized spacial score (nSPS) is 12.8. The number of fused-ring (bicyclic) bond motifs is 3. The number of aryl methyl sites for hydroxylation is 1. The van der Waals surface area contributed by atoms with Gasteiger partial charge < -0.3 is 9.84 Å². The Kier molecular flexibility index (Phi) is 7.42. The molecule has 35 heavy (non-hydrogen) atoms. The number of carbonyl (C=O) groups excluding carboxylic acids is 2. The average molecular weight is 475 g/mol. The third-order valence-corrected chi connectivity index (χ3v) is 5.86. The predicted molar refractivity (Wildman–Crippen MR) is 130 cm³/mol. The van der Waals surface area contributed by atoms with Crippen LogP contribution in [-0.4, -0.2) is 35.8 Å². The summed E-state index contributed by atoms with van der Waals surface area (Å²) in [5.41, 5.74) is 8.11. The van der Waals surface area contributed by atoms with Crippen LogP contribution in [0.25, 0.3) is 11.1 Å². The number of rotatable bonds is 9. The van der Waals surface area contributed by atoms with Gasteiger partial charge in [-0.05, 0) is 53.3 Å². The molecule has 3 aromatic rings. The monoisotopic (exact) mass is 474 g/mol. The van der Waals surface area contributed by atoms with Gasteiger partial charge in [-0.25, -0.2) is 15.1 Å². The first kappa shape index (κ1) is 24.0. The topological polar surface area (TPSA) is 114 Å². The Morgan fingerprint density at radius 1 is 0.943 bits per heavy atom. The molecule has 8 heteroatoms. The van der Waals surface area contributed by atoms with Gasteiger partial charge in [-0.3, -0.25) is 14.9 Å². The first-order valence-corrected chi connectivity index (χ1v) is 11.3. The fraction of sp³-hybridized carbons (Fsp3) is 0.222. The van der Waals surface area contributed by atoms with Crippen molar-refractivity contribution in [2.45, 2.75) is 31.8 Å². The number of hydroxylamine groups is 1. The van der Waals surface area contributed by atoms with E-state index in [9.17, 15) is 14.4 Å². The number of ether oxygens (including phenoxy) is 1. The van der Waals surface area contributed by atoms with Crippen LogP contribution in [0, 0.1) is 0 Å². The summed E-state index contributed by atoms with van der Waals surface area (Å²) >= 11 is 0. The van der Waals surface area contributed by atoms with Gasteiger partial charge in [0.05, 0.1) is 0 Å². The summed E-state index contributed by atoms with van der Waals surface area (Å²) in [7, 11) is 0. The maximum Gasteiger partial charge on any atom is 0.411 e. The minimum Gasteiger partial charge on any atom is -0.479 e. The van der Waals surface area contributed by atoms with Gasteiger partial charge in [0.25, 0.3) is 0 Å².